The number of amides is 1. The molecule has 0 bridgehead atoms. The number of rotatable bonds is 6. The van der Waals surface area contributed by atoms with Crippen molar-refractivity contribution in [2.45, 2.75) is 37.1 Å². The molecule has 24 heavy (non-hydrogen) atoms. The molecule has 0 spiro atoms. The summed E-state index contributed by atoms with van der Waals surface area (Å²) in [6, 6.07) is 6.36. The van der Waals surface area contributed by atoms with Crippen LogP contribution in [0, 0.1) is 0 Å². The van der Waals surface area contributed by atoms with Crippen molar-refractivity contribution in [1.82, 2.24) is 14.5 Å². The molecule has 2 rings (SSSR count). The number of carbonyl (C=O) groups excluding carboxylic acids is 1. The van der Waals surface area contributed by atoms with Gasteiger partial charge in [0, 0.05) is 32.2 Å². The average Bonchev–Trinajstić information content (AvgIpc) is 2.59. The van der Waals surface area contributed by atoms with Crippen LogP contribution in [0.3, 0.4) is 0 Å². The summed E-state index contributed by atoms with van der Waals surface area (Å²) < 4.78 is 27.9. The summed E-state index contributed by atoms with van der Waals surface area (Å²) >= 11 is 0. The van der Waals surface area contributed by atoms with Crippen LogP contribution < -0.4 is 5.32 Å². The van der Waals surface area contributed by atoms with Crippen molar-refractivity contribution in [3.8, 4) is 0 Å². The van der Waals surface area contributed by atoms with Gasteiger partial charge in [0.25, 0.3) is 5.91 Å². The Hall–Kier alpha value is -1.44. The normalized spacial score (nSPS) is 16.3. The number of sulfonamides is 1. The van der Waals surface area contributed by atoms with Crippen molar-refractivity contribution in [2.24, 2.45) is 0 Å². The molecule has 0 unspecified atom stereocenters. The number of carbonyl (C=O) groups is 1. The minimum Gasteiger partial charge on any atom is -0.345 e. The summed E-state index contributed by atoms with van der Waals surface area (Å²) in [5.41, 5.74) is 0.392. The quantitative estimate of drug-likeness (QED) is 0.842. The van der Waals surface area contributed by atoms with Crippen LogP contribution in [0.1, 0.15) is 36.5 Å². The second kappa shape index (κ2) is 8.09. The molecule has 1 aliphatic rings. The van der Waals surface area contributed by atoms with Gasteiger partial charge in [-0.05, 0) is 50.6 Å². The zero-order chi connectivity index (χ0) is 17.7. The van der Waals surface area contributed by atoms with Crippen LogP contribution in [0.2, 0.25) is 0 Å². The molecule has 1 aromatic carbocycles. The van der Waals surface area contributed by atoms with Crippen molar-refractivity contribution in [2.75, 3.05) is 33.7 Å². The SMILES string of the molecule is CCCN(C1CCNCC1)S(=O)(=O)c1cccc(C(=O)N(C)C)c1. The fourth-order valence-electron chi connectivity index (χ4n) is 3.00. The summed E-state index contributed by atoms with van der Waals surface area (Å²) in [4.78, 5) is 13.8. The highest BCUT2D eigenvalue weighted by Crippen LogP contribution is 2.24. The largest absolute Gasteiger partial charge is 0.345 e. The second-order valence-electron chi connectivity index (χ2n) is 6.32. The van der Waals surface area contributed by atoms with Crippen molar-refractivity contribution in [3.05, 3.63) is 29.8 Å². The molecular weight excluding hydrogens is 326 g/mol. The van der Waals surface area contributed by atoms with Crippen molar-refractivity contribution >= 4 is 15.9 Å². The highest BCUT2D eigenvalue weighted by Gasteiger charge is 2.32. The van der Waals surface area contributed by atoms with Crippen LogP contribution in [0.15, 0.2) is 29.2 Å². The average molecular weight is 353 g/mol. The predicted molar refractivity (Wildman–Crippen MR) is 94.5 cm³/mol. The van der Waals surface area contributed by atoms with E-state index in [2.05, 4.69) is 5.32 Å². The van der Waals surface area contributed by atoms with Gasteiger partial charge in [-0.1, -0.05) is 13.0 Å². The Kier molecular flexibility index (Phi) is 6.37. The lowest BCUT2D eigenvalue weighted by atomic mass is 10.1. The molecule has 1 aromatic rings. The van der Waals surface area contributed by atoms with E-state index < -0.39 is 10.0 Å². The van der Waals surface area contributed by atoms with E-state index in [0.717, 1.165) is 32.4 Å². The number of nitrogens with one attached hydrogen (secondary N) is 1. The van der Waals surface area contributed by atoms with E-state index in [1.165, 1.54) is 11.0 Å². The van der Waals surface area contributed by atoms with Crippen LogP contribution >= 0.6 is 0 Å². The first-order valence-electron chi connectivity index (χ1n) is 8.42. The molecule has 7 heteroatoms. The van der Waals surface area contributed by atoms with Gasteiger partial charge in [0.2, 0.25) is 10.0 Å². The van der Waals surface area contributed by atoms with Gasteiger partial charge in [-0.15, -0.1) is 0 Å². The number of piperidine rings is 1. The lowest BCUT2D eigenvalue weighted by Crippen LogP contribution is -2.46. The van der Waals surface area contributed by atoms with Gasteiger partial charge in [0.15, 0.2) is 0 Å². The maximum absolute atomic E-state index is 13.1. The Labute approximate surface area is 144 Å². The summed E-state index contributed by atoms with van der Waals surface area (Å²) in [5, 5.41) is 3.27. The van der Waals surface area contributed by atoms with E-state index in [1.54, 1.807) is 36.6 Å². The zero-order valence-electron chi connectivity index (χ0n) is 14.7. The molecule has 1 aliphatic heterocycles. The van der Waals surface area contributed by atoms with Gasteiger partial charge >= 0.3 is 0 Å². The lowest BCUT2D eigenvalue weighted by Gasteiger charge is -2.33. The molecule has 0 atom stereocenters. The van der Waals surface area contributed by atoms with Gasteiger partial charge in [-0.3, -0.25) is 4.79 Å². The van der Waals surface area contributed by atoms with E-state index >= 15 is 0 Å². The first-order valence-corrected chi connectivity index (χ1v) is 9.86. The molecule has 1 N–H and O–H groups in total. The zero-order valence-corrected chi connectivity index (χ0v) is 15.5. The molecular formula is C17H27N3O3S. The van der Waals surface area contributed by atoms with Gasteiger partial charge in [-0.2, -0.15) is 4.31 Å². The molecule has 6 nitrogen and oxygen atoms in total. The van der Waals surface area contributed by atoms with Gasteiger partial charge in [0.05, 0.1) is 4.90 Å². The fraction of sp³-hybridized carbons (Fsp3) is 0.588. The van der Waals surface area contributed by atoms with Crippen LogP contribution in [-0.2, 0) is 10.0 Å². The highest BCUT2D eigenvalue weighted by atomic mass is 32.2. The molecule has 0 saturated carbocycles. The number of nitrogens with zero attached hydrogens (tertiary/aromatic N) is 2. The van der Waals surface area contributed by atoms with E-state index in [4.69, 9.17) is 0 Å². The molecule has 0 radical (unpaired) electrons. The Bertz CT molecular complexity index is 667. The van der Waals surface area contributed by atoms with Crippen molar-refractivity contribution in [3.63, 3.8) is 0 Å². The summed E-state index contributed by atoms with van der Waals surface area (Å²) in [5.74, 6) is -0.198. The van der Waals surface area contributed by atoms with E-state index in [1.807, 2.05) is 6.92 Å². The van der Waals surface area contributed by atoms with Crippen LogP contribution in [0.4, 0.5) is 0 Å². The minimum atomic E-state index is -3.61. The Morgan fingerprint density at radius 3 is 2.50 bits per heavy atom. The Balaban J connectivity index is 2.35. The van der Waals surface area contributed by atoms with Crippen LogP contribution in [-0.4, -0.2) is 63.3 Å². The standard InChI is InChI=1S/C17H27N3O3S/c1-4-12-20(15-8-10-18-11-9-15)24(22,23)16-7-5-6-14(13-16)17(21)19(2)3/h5-7,13,15,18H,4,8-12H2,1-3H3. The smallest absolute Gasteiger partial charge is 0.253 e. The third kappa shape index (κ3) is 4.15. The Morgan fingerprint density at radius 1 is 1.25 bits per heavy atom. The number of benzene rings is 1. The topological polar surface area (TPSA) is 69.7 Å². The number of hydrogen-bond donors (Lipinski definition) is 1. The second-order valence-corrected chi connectivity index (χ2v) is 8.21. The van der Waals surface area contributed by atoms with Gasteiger partial charge < -0.3 is 10.2 Å². The molecule has 1 fully saturated rings. The molecule has 0 aromatic heterocycles. The monoisotopic (exact) mass is 353 g/mol. The highest BCUT2D eigenvalue weighted by molar-refractivity contribution is 7.89. The van der Waals surface area contributed by atoms with E-state index in [9.17, 15) is 13.2 Å². The molecule has 1 amide bonds. The van der Waals surface area contributed by atoms with E-state index in [-0.39, 0.29) is 16.8 Å². The van der Waals surface area contributed by atoms with Gasteiger partial charge in [-0.25, -0.2) is 8.42 Å². The molecule has 0 aliphatic carbocycles. The molecule has 1 heterocycles. The third-order valence-corrected chi connectivity index (χ3v) is 6.20. The lowest BCUT2D eigenvalue weighted by molar-refractivity contribution is 0.0827. The fourth-order valence-corrected chi connectivity index (χ4v) is 4.82. The summed E-state index contributed by atoms with van der Waals surface area (Å²) in [6.07, 6.45) is 2.39. The van der Waals surface area contributed by atoms with Crippen molar-refractivity contribution in [1.29, 1.82) is 0 Å². The van der Waals surface area contributed by atoms with Crippen LogP contribution in [0.25, 0.3) is 0 Å². The molecule has 134 valence electrons. The molecule has 1 saturated heterocycles. The predicted octanol–water partition coefficient (Wildman–Crippen LogP) is 1.54. The van der Waals surface area contributed by atoms with E-state index in [0.29, 0.717) is 12.1 Å². The van der Waals surface area contributed by atoms with Gasteiger partial charge in [0.1, 0.15) is 0 Å². The number of hydrogen-bond acceptors (Lipinski definition) is 4. The third-order valence-electron chi connectivity index (χ3n) is 4.25. The summed E-state index contributed by atoms with van der Waals surface area (Å²) in [6.45, 7) is 4.15. The first kappa shape index (κ1) is 18.9. The Morgan fingerprint density at radius 2 is 1.92 bits per heavy atom. The maximum atomic E-state index is 13.1. The summed E-state index contributed by atoms with van der Waals surface area (Å²) in [7, 11) is -0.300. The van der Waals surface area contributed by atoms with Crippen LogP contribution in [0.5, 0.6) is 0 Å². The minimum absolute atomic E-state index is 0.0180. The maximum Gasteiger partial charge on any atom is 0.253 e. The van der Waals surface area contributed by atoms with Crippen molar-refractivity contribution < 1.29 is 13.2 Å². The first-order chi connectivity index (χ1) is 11.4.